The van der Waals surface area contributed by atoms with Crippen molar-refractivity contribution >= 4 is 39.3 Å². The van der Waals surface area contributed by atoms with Gasteiger partial charge in [-0.15, -0.1) is 0 Å². The van der Waals surface area contributed by atoms with Crippen molar-refractivity contribution in [3.63, 3.8) is 0 Å². The van der Waals surface area contributed by atoms with Crippen molar-refractivity contribution in [3.05, 3.63) is 22.7 Å². The molecule has 0 radical (unpaired) electrons. The first kappa shape index (κ1) is 13.2. The molecule has 0 aliphatic carbocycles. The molecule has 1 aromatic carbocycles. The van der Waals surface area contributed by atoms with Crippen LogP contribution in [0.2, 0.25) is 0 Å². The molecule has 1 N–H and O–H groups in total. The van der Waals surface area contributed by atoms with Crippen LogP contribution in [0.3, 0.4) is 0 Å². The highest BCUT2D eigenvalue weighted by atomic mass is 79.9. The number of halogens is 1. The molecule has 0 unspecified atom stereocenters. The second kappa shape index (κ2) is 4.66. The van der Waals surface area contributed by atoms with E-state index in [1.54, 1.807) is 11.9 Å². The summed E-state index contributed by atoms with van der Waals surface area (Å²) in [5, 5.41) is 9.09. The minimum absolute atomic E-state index is 0.0680. The number of rotatable bonds is 0. The summed E-state index contributed by atoms with van der Waals surface area (Å²) in [6, 6.07) is 5.38. The van der Waals surface area contributed by atoms with Gasteiger partial charge in [-0.2, -0.15) is 0 Å². The second-order valence-corrected chi connectivity index (χ2v) is 5.88. The van der Waals surface area contributed by atoms with Gasteiger partial charge in [0.25, 0.3) is 5.91 Å². The third-order valence-electron chi connectivity index (χ3n) is 3.87. The number of benzene rings is 1. The zero-order valence-electron chi connectivity index (χ0n) is 10.9. The Morgan fingerprint density at radius 3 is 2.80 bits per heavy atom. The lowest BCUT2D eigenvalue weighted by atomic mass is 10.0. The van der Waals surface area contributed by atoms with Gasteiger partial charge in [-0.3, -0.25) is 4.79 Å². The van der Waals surface area contributed by atoms with Gasteiger partial charge < -0.3 is 19.8 Å². The molecule has 0 spiro atoms. The summed E-state index contributed by atoms with van der Waals surface area (Å²) < 4.78 is 0.915. The number of anilines is 2. The first-order chi connectivity index (χ1) is 9.49. The van der Waals surface area contributed by atoms with Gasteiger partial charge in [0, 0.05) is 24.6 Å². The van der Waals surface area contributed by atoms with Crippen molar-refractivity contribution in [1.29, 1.82) is 0 Å². The lowest BCUT2D eigenvalue weighted by Crippen LogP contribution is -2.62. The molecule has 7 heteroatoms. The molecule has 106 valence electrons. The van der Waals surface area contributed by atoms with E-state index in [1.165, 1.54) is 4.90 Å². The van der Waals surface area contributed by atoms with Gasteiger partial charge in [0.2, 0.25) is 0 Å². The predicted octanol–water partition coefficient (Wildman–Crippen LogP) is 1.59. The minimum atomic E-state index is -0.971. The average molecular weight is 340 g/mol. The standard InChI is InChI=1S/C13H14BrN3O3/c1-15-10-6-8(14)2-3-9(10)17-5-4-16(13(19)20)7-11(17)12(15)18/h2-3,6,11H,4-5,7H2,1H3,(H,19,20)/t11-/m1/s1. The van der Waals surface area contributed by atoms with Crippen LogP contribution in [0, 0.1) is 0 Å². The Morgan fingerprint density at radius 1 is 1.35 bits per heavy atom. The van der Waals surface area contributed by atoms with Gasteiger partial charge in [0.05, 0.1) is 17.9 Å². The van der Waals surface area contributed by atoms with Gasteiger partial charge in [0.15, 0.2) is 0 Å². The molecule has 1 fully saturated rings. The Morgan fingerprint density at radius 2 is 2.10 bits per heavy atom. The van der Waals surface area contributed by atoms with Crippen LogP contribution in [0.25, 0.3) is 0 Å². The molecule has 20 heavy (non-hydrogen) atoms. The van der Waals surface area contributed by atoms with E-state index in [2.05, 4.69) is 15.9 Å². The van der Waals surface area contributed by atoms with E-state index in [0.29, 0.717) is 13.1 Å². The first-order valence-electron chi connectivity index (χ1n) is 6.30. The Bertz CT molecular complexity index is 592. The zero-order valence-corrected chi connectivity index (χ0v) is 12.5. The van der Waals surface area contributed by atoms with E-state index in [-0.39, 0.29) is 12.5 Å². The van der Waals surface area contributed by atoms with Crippen molar-refractivity contribution in [1.82, 2.24) is 4.90 Å². The largest absolute Gasteiger partial charge is 0.465 e. The summed E-state index contributed by atoms with van der Waals surface area (Å²) in [6.07, 6.45) is -0.971. The molecule has 2 aliphatic rings. The molecule has 3 rings (SSSR count). The Balaban J connectivity index is 2.01. The number of piperazine rings is 1. The van der Waals surface area contributed by atoms with Gasteiger partial charge in [0.1, 0.15) is 6.04 Å². The number of carbonyl (C=O) groups is 2. The van der Waals surface area contributed by atoms with E-state index in [9.17, 15) is 9.59 Å². The van der Waals surface area contributed by atoms with Crippen LogP contribution < -0.4 is 9.80 Å². The van der Waals surface area contributed by atoms with Gasteiger partial charge in [-0.05, 0) is 18.2 Å². The smallest absolute Gasteiger partial charge is 0.407 e. The molecular formula is C13H14BrN3O3. The SMILES string of the molecule is CN1C(=O)[C@H]2CN(C(=O)O)CCN2c2ccc(Br)cc21. The molecule has 1 aromatic rings. The Kier molecular flexibility index (Phi) is 3.08. The quantitative estimate of drug-likeness (QED) is 0.779. The fourth-order valence-corrected chi connectivity index (χ4v) is 3.16. The summed E-state index contributed by atoms with van der Waals surface area (Å²) in [6.45, 7) is 1.16. The molecule has 1 atom stereocenters. The lowest BCUT2D eigenvalue weighted by molar-refractivity contribution is -0.120. The van der Waals surface area contributed by atoms with Gasteiger partial charge >= 0.3 is 6.09 Å². The number of likely N-dealkylation sites (N-methyl/N-ethyl adjacent to an activating group) is 1. The van der Waals surface area contributed by atoms with Crippen LogP contribution in [0.4, 0.5) is 16.2 Å². The molecular weight excluding hydrogens is 326 g/mol. The highest BCUT2D eigenvalue weighted by Crippen LogP contribution is 2.38. The zero-order chi connectivity index (χ0) is 14.4. The van der Waals surface area contributed by atoms with Gasteiger partial charge in [-0.25, -0.2) is 4.79 Å². The van der Waals surface area contributed by atoms with Crippen LogP contribution in [-0.2, 0) is 4.79 Å². The number of hydrogen-bond acceptors (Lipinski definition) is 3. The molecule has 2 heterocycles. The molecule has 0 bridgehead atoms. The molecule has 2 aliphatic heterocycles. The normalized spacial score (nSPS) is 21.6. The highest BCUT2D eigenvalue weighted by molar-refractivity contribution is 9.10. The summed E-state index contributed by atoms with van der Waals surface area (Å²) in [7, 11) is 1.73. The summed E-state index contributed by atoms with van der Waals surface area (Å²) in [4.78, 5) is 28.4. The minimum Gasteiger partial charge on any atom is -0.465 e. The maximum Gasteiger partial charge on any atom is 0.407 e. The number of fused-ring (bicyclic) bond motifs is 3. The Hall–Kier alpha value is -1.76. The van der Waals surface area contributed by atoms with Crippen LogP contribution in [-0.4, -0.2) is 54.7 Å². The van der Waals surface area contributed by atoms with E-state index in [1.807, 2.05) is 23.1 Å². The van der Waals surface area contributed by atoms with Crippen molar-refractivity contribution < 1.29 is 14.7 Å². The molecule has 0 aromatic heterocycles. The number of carboxylic acid groups (broad SMARTS) is 1. The van der Waals surface area contributed by atoms with E-state index in [4.69, 9.17) is 5.11 Å². The summed E-state index contributed by atoms with van der Waals surface area (Å²) >= 11 is 3.41. The van der Waals surface area contributed by atoms with E-state index in [0.717, 1.165) is 15.8 Å². The monoisotopic (exact) mass is 339 g/mol. The molecule has 1 saturated heterocycles. The Labute approximate surface area is 124 Å². The summed E-state index contributed by atoms with van der Waals surface area (Å²) in [5.41, 5.74) is 1.83. The average Bonchev–Trinajstić information content (AvgIpc) is 2.44. The van der Waals surface area contributed by atoms with Crippen molar-refractivity contribution in [2.24, 2.45) is 0 Å². The number of hydrogen-bond donors (Lipinski definition) is 1. The number of nitrogens with zero attached hydrogens (tertiary/aromatic N) is 3. The maximum atomic E-state index is 12.5. The third kappa shape index (κ3) is 1.93. The van der Waals surface area contributed by atoms with Crippen molar-refractivity contribution in [2.75, 3.05) is 36.5 Å². The topological polar surface area (TPSA) is 64.1 Å². The van der Waals surface area contributed by atoms with Crippen molar-refractivity contribution in [2.45, 2.75) is 6.04 Å². The predicted molar refractivity (Wildman–Crippen MR) is 78.3 cm³/mol. The first-order valence-corrected chi connectivity index (χ1v) is 7.10. The number of amides is 2. The molecule has 2 amide bonds. The number of carbonyl (C=O) groups excluding carboxylic acids is 1. The maximum absolute atomic E-state index is 12.5. The fourth-order valence-electron chi connectivity index (χ4n) is 2.81. The van der Waals surface area contributed by atoms with Crippen molar-refractivity contribution in [3.8, 4) is 0 Å². The van der Waals surface area contributed by atoms with Gasteiger partial charge in [-0.1, -0.05) is 15.9 Å². The van der Waals surface area contributed by atoms with Crippen LogP contribution in [0.5, 0.6) is 0 Å². The molecule has 0 saturated carbocycles. The summed E-state index contributed by atoms with van der Waals surface area (Å²) in [5.74, 6) is -0.0680. The second-order valence-electron chi connectivity index (χ2n) is 4.97. The van der Waals surface area contributed by atoms with Crippen LogP contribution in [0.1, 0.15) is 0 Å². The van der Waals surface area contributed by atoms with E-state index < -0.39 is 12.1 Å². The van der Waals surface area contributed by atoms with Crippen LogP contribution >= 0.6 is 15.9 Å². The lowest BCUT2D eigenvalue weighted by Gasteiger charge is -2.46. The highest BCUT2D eigenvalue weighted by Gasteiger charge is 2.41. The van der Waals surface area contributed by atoms with Crippen LogP contribution in [0.15, 0.2) is 22.7 Å². The molecule has 6 nitrogen and oxygen atoms in total. The third-order valence-corrected chi connectivity index (χ3v) is 4.37. The fraction of sp³-hybridized carbons (Fsp3) is 0.385. The van der Waals surface area contributed by atoms with E-state index >= 15 is 0 Å².